The SMILES string of the molecule is c1ccc(CC2C3CCN2C(c2ccccn2)C3)cc1. The Hall–Kier alpha value is -1.67. The molecule has 0 aliphatic carbocycles. The van der Waals surface area contributed by atoms with Crippen molar-refractivity contribution >= 4 is 0 Å². The highest BCUT2D eigenvalue weighted by Gasteiger charge is 2.46. The van der Waals surface area contributed by atoms with E-state index in [2.05, 4.69) is 52.3 Å². The zero-order valence-corrected chi connectivity index (χ0v) is 11.7. The minimum Gasteiger partial charge on any atom is -0.291 e. The van der Waals surface area contributed by atoms with Gasteiger partial charge < -0.3 is 0 Å². The van der Waals surface area contributed by atoms with Crippen LogP contribution in [0.3, 0.4) is 0 Å². The molecule has 20 heavy (non-hydrogen) atoms. The summed E-state index contributed by atoms with van der Waals surface area (Å²) in [6, 6.07) is 18.5. The van der Waals surface area contributed by atoms with Crippen molar-refractivity contribution in [2.75, 3.05) is 6.54 Å². The molecule has 4 atom stereocenters. The van der Waals surface area contributed by atoms with Gasteiger partial charge in [-0.2, -0.15) is 0 Å². The Morgan fingerprint density at radius 2 is 1.90 bits per heavy atom. The summed E-state index contributed by atoms with van der Waals surface area (Å²) >= 11 is 0. The average Bonchev–Trinajstić information content (AvgIpc) is 3.06. The van der Waals surface area contributed by atoms with Crippen molar-refractivity contribution in [3.8, 4) is 0 Å². The average molecular weight is 264 g/mol. The van der Waals surface area contributed by atoms with Crippen LogP contribution in [-0.4, -0.2) is 22.5 Å². The maximum absolute atomic E-state index is 4.58. The first-order valence-electron chi connectivity index (χ1n) is 7.62. The molecule has 0 radical (unpaired) electrons. The molecule has 1 aromatic heterocycles. The number of fused-ring (bicyclic) bond motifs is 2. The molecule has 0 spiro atoms. The van der Waals surface area contributed by atoms with E-state index in [-0.39, 0.29) is 0 Å². The van der Waals surface area contributed by atoms with Gasteiger partial charge in [-0.3, -0.25) is 9.88 Å². The molecule has 0 saturated carbocycles. The first-order chi connectivity index (χ1) is 9.92. The smallest absolute Gasteiger partial charge is 0.0575 e. The predicted octanol–water partition coefficient (Wildman–Crippen LogP) is 3.46. The summed E-state index contributed by atoms with van der Waals surface area (Å²) in [4.78, 5) is 7.27. The van der Waals surface area contributed by atoms with Crippen LogP contribution in [0.25, 0.3) is 0 Å². The maximum Gasteiger partial charge on any atom is 0.0575 e. The maximum atomic E-state index is 4.58. The van der Waals surface area contributed by atoms with E-state index in [9.17, 15) is 0 Å². The molecule has 0 amide bonds. The van der Waals surface area contributed by atoms with Gasteiger partial charge >= 0.3 is 0 Å². The monoisotopic (exact) mass is 264 g/mol. The lowest BCUT2D eigenvalue weighted by molar-refractivity contribution is 0.218. The van der Waals surface area contributed by atoms with E-state index in [4.69, 9.17) is 0 Å². The zero-order chi connectivity index (χ0) is 13.4. The Kier molecular flexibility index (Phi) is 3.04. The van der Waals surface area contributed by atoms with Gasteiger partial charge in [0.2, 0.25) is 0 Å². The summed E-state index contributed by atoms with van der Waals surface area (Å²) in [6.07, 6.45) is 5.76. The third-order valence-electron chi connectivity index (χ3n) is 4.97. The fourth-order valence-corrected chi connectivity index (χ4v) is 4.03. The normalized spacial score (nSPS) is 31.6. The Morgan fingerprint density at radius 3 is 2.70 bits per heavy atom. The second kappa shape index (κ2) is 5.02. The van der Waals surface area contributed by atoms with E-state index >= 15 is 0 Å². The minimum atomic E-state index is 0.545. The summed E-state index contributed by atoms with van der Waals surface area (Å²) in [5, 5.41) is 0. The summed E-state index contributed by atoms with van der Waals surface area (Å²) in [7, 11) is 0. The summed E-state index contributed by atoms with van der Waals surface area (Å²) < 4.78 is 0. The number of nitrogens with zero attached hydrogens (tertiary/aromatic N) is 2. The van der Waals surface area contributed by atoms with Crippen LogP contribution in [-0.2, 0) is 6.42 Å². The molecule has 2 aliphatic heterocycles. The van der Waals surface area contributed by atoms with Gasteiger partial charge in [0.1, 0.15) is 0 Å². The largest absolute Gasteiger partial charge is 0.291 e. The molecule has 2 aromatic rings. The van der Waals surface area contributed by atoms with E-state index in [1.807, 2.05) is 12.3 Å². The van der Waals surface area contributed by atoms with Crippen molar-refractivity contribution in [1.82, 2.24) is 9.88 Å². The van der Waals surface area contributed by atoms with Gasteiger partial charge in [-0.05, 0) is 49.4 Å². The number of pyridine rings is 1. The molecule has 2 aliphatic rings. The molecule has 4 unspecified atom stereocenters. The number of rotatable bonds is 3. The van der Waals surface area contributed by atoms with Crippen LogP contribution < -0.4 is 0 Å². The van der Waals surface area contributed by atoms with Crippen molar-refractivity contribution in [1.29, 1.82) is 0 Å². The van der Waals surface area contributed by atoms with Gasteiger partial charge in [0.25, 0.3) is 0 Å². The van der Waals surface area contributed by atoms with E-state index in [0.717, 1.165) is 5.92 Å². The molecule has 1 aromatic carbocycles. The van der Waals surface area contributed by atoms with E-state index in [1.165, 1.54) is 37.1 Å². The van der Waals surface area contributed by atoms with Gasteiger partial charge in [-0.25, -0.2) is 0 Å². The van der Waals surface area contributed by atoms with Crippen LogP contribution >= 0.6 is 0 Å². The van der Waals surface area contributed by atoms with Crippen molar-refractivity contribution in [3.05, 3.63) is 66.0 Å². The van der Waals surface area contributed by atoms with Gasteiger partial charge in [0.15, 0.2) is 0 Å². The quantitative estimate of drug-likeness (QED) is 0.844. The molecule has 2 heteroatoms. The van der Waals surface area contributed by atoms with E-state index in [1.54, 1.807) is 0 Å². The van der Waals surface area contributed by atoms with Crippen molar-refractivity contribution < 1.29 is 0 Å². The number of piperidine rings is 1. The zero-order valence-electron chi connectivity index (χ0n) is 11.7. The first kappa shape index (κ1) is 12.1. The van der Waals surface area contributed by atoms with Crippen molar-refractivity contribution in [2.24, 2.45) is 5.92 Å². The van der Waals surface area contributed by atoms with Crippen LogP contribution in [0.4, 0.5) is 0 Å². The molecule has 2 fully saturated rings. The first-order valence-corrected chi connectivity index (χ1v) is 7.62. The topological polar surface area (TPSA) is 16.1 Å². The summed E-state index contributed by atoms with van der Waals surface area (Å²) in [5.41, 5.74) is 2.73. The van der Waals surface area contributed by atoms with Gasteiger partial charge in [-0.15, -0.1) is 0 Å². The highest BCUT2D eigenvalue weighted by Crippen LogP contribution is 2.47. The van der Waals surface area contributed by atoms with Gasteiger partial charge in [-0.1, -0.05) is 36.4 Å². The standard InChI is InChI=1S/C18H20N2/c1-2-6-14(7-3-1)12-17-15-9-11-20(17)18(13-15)16-8-4-5-10-19-16/h1-8,10,15,17-18H,9,11-13H2. The molecule has 4 rings (SSSR count). The van der Waals surface area contributed by atoms with Crippen LogP contribution in [0.1, 0.15) is 30.1 Å². The lowest BCUT2D eigenvalue weighted by Crippen LogP contribution is -2.30. The van der Waals surface area contributed by atoms with E-state index < -0.39 is 0 Å². The number of hydrogen-bond acceptors (Lipinski definition) is 2. The summed E-state index contributed by atoms with van der Waals surface area (Å²) in [5.74, 6) is 0.849. The Bertz CT molecular complexity index is 566. The molecule has 2 saturated heterocycles. The highest BCUT2D eigenvalue weighted by atomic mass is 15.3. The number of benzene rings is 1. The Labute approximate surface area is 120 Å². The van der Waals surface area contributed by atoms with Crippen LogP contribution in [0.5, 0.6) is 0 Å². The Balaban J connectivity index is 1.55. The molecular weight excluding hydrogens is 244 g/mol. The van der Waals surface area contributed by atoms with E-state index in [0.29, 0.717) is 12.1 Å². The number of hydrogen-bond donors (Lipinski definition) is 0. The second-order valence-corrected chi connectivity index (χ2v) is 6.05. The second-order valence-electron chi connectivity index (χ2n) is 6.05. The molecule has 0 N–H and O–H groups in total. The number of aromatic nitrogens is 1. The minimum absolute atomic E-state index is 0.545. The molecule has 3 heterocycles. The van der Waals surface area contributed by atoms with Gasteiger partial charge in [0.05, 0.1) is 11.7 Å². The molecule has 2 bridgehead atoms. The fraction of sp³-hybridized carbons (Fsp3) is 0.389. The third-order valence-corrected chi connectivity index (χ3v) is 4.97. The van der Waals surface area contributed by atoms with Crippen LogP contribution in [0.15, 0.2) is 54.7 Å². The lowest BCUT2D eigenvalue weighted by Gasteiger charge is -2.26. The molecule has 2 nitrogen and oxygen atoms in total. The predicted molar refractivity (Wildman–Crippen MR) is 80.3 cm³/mol. The molecular formula is C18H20N2. The van der Waals surface area contributed by atoms with Gasteiger partial charge in [0, 0.05) is 12.2 Å². The lowest BCUT2D eigenvalue weighted by atomic mass is 9.92. The third kappa shape index (κ3) is 2.04. The van der Waals surface area contributed by atoms with Crippen LogP contribution in [0, 0.1) is 5.92 Å². The molecule has 102 valence electrons. The fourth-order valence-electron chi connectivity index (χ4n) is 4.03. The van der Waals surface area contributed by atoms with Crippen molar-refractivity contribution in [3.63, 3.8) is 0 Å². The summed E-state index contributed by atoms with van der Waals surface area (Å²) in [6.45, 7) is 1.24. The van der Waals surface area contributed by atoms with Crippen molar-refractivity contribution in [2.45, 2.75) is 31.3 Å². The van der Waals surface area contributed by atoms with Crippen LogP contribution in [0.2, 0.25) is 0 Å². The Morgan fingerprint density at radius 1 is 1.05 bits per heavy atom. The highest BCUT2D eigenvalue weighted by molar-refractivity contribution is 5.20.